The quantitative estimate of drug-likeness (QED) is 0.831. The number of quaternary nitrogens is 1. The molecule has 1 amide bonds. The zero-order chi connectivity index (χ0) is 19.5. The van der Waals surface area contributed by atoms with Crippen LogP contribution in [0.5, 0.6) is 23.0 Å². The molecule has 2 aromatic rings. The van der Waals surface area contributed by atoms with E-state index in [9.17, 15) is 4.79 Å². The maximum Gasteiger partial charge on any atom is 0.258 e. The van der Waals surface area contributed by atoms with Gasteiger partial charge in [0.25, 0.3) is 5.91 Å². The van der Waals surface area contributed by atoms with Gasteiger partial charge in [-0.3, -0.25) is 4.79 Å². The third-order valence-electron chi connectivity index (χ3n) is 5.28. The topological polar surface area (TPSA) is 61.7 Å². The number of ether oxygens (including phenoxy) is 4. The predicted molar refractivity (Wildman–Crippen MR) is 102 cm³/mol. The predicted octanol–water partition coefficient (Wildman–Crippen LogP) is 0.973. The van der Waals surface area contributed by atoms with Gasteiger partial charge in [-0.05, 0) is 30.3 Å². The molecule has 2 aliphatic rings. The molecule has 4 rings (SSSR count). The van der Waals surface area contributed by atoms with E-state index in [1.807, 2.05) is 23.1 Å². The monoisotopic (exact) mass is 385 g/mol. The maximum atomic E-state index is 13.0. The van der Waals surface area contributed by atoms with E-state index in [0.29, 0.717) is 36.9 Å². The van der Waals surface area contributed by atoms with E-state index in [-0.39, 0.29) is 5.91 Å². The van der Waals surface area contributed by atoms with Crippen molar-refractivity contribution in [1.29, 1.82) is 0 Å². The van der Waals surface area contributed by atoms with E-state index in [1.54, 1.807) is 26.4 Å². The summed E-state index contributed by atoms with van der Waals surface area (Å²) in [5.74, 6) is 2.67. The fourth-order valence-electron chi connectivity index (χ4n) is 3.77. The first kappa shape index (κ1) is 18.4. The Morgan fingerprint density at radius 3 is 2.61 bits per heavy atom. The largest absolute Gasteiger partial charge is 0.493 e. The van der Waals surface area contributed by atoms with Crippen LogP contribution in [0.4, 0.5) is 0 Å². The molecular formula is C21H25N2O5+. The van der Waals surface area contributed by atoms with Gasteiger partial charge in [0.05, 0.1) is 46.0 Å². The molecule has 2 aromatic carbocycles. The second kappa shape index (κ2) is 7.98. The molecule has 0 spiro atoms. The van der Waals surface area contributed by atoms with Gasteiger partial charge in [0.15, 0.2) is 23.0 Å². The summed E-state index contributed by atoms with van der Waals surface area (Å²) in [7, 11) is 3.13. The van der Waals surface area contributed by atoms with Crippen molar-refractivity contribution in [3.8, 4) is 23.0 Å². The number of benzene rings is 2. The lowest BCUT2D eigenvalue weighted by molar-refractivity contribution is -0.917. The van der Waals surface area contributed by atoms with Crippen molar-refractivity contribution in [1.82, 2.24) is 4.90 Å². The van der Waals surface area contributed by atoms with Gasteiger partial charge in [-0.15, -0.1) is 0 Å². The molecule has 1 N–H and O–H groups in total. The number of piperazine rings is 1. The number of para-hydroxylation sites is 1. The van der Waals surface area contributed by atoms with E-state index in [1.165, 1.54) is 10.5 Å². The number of fused-ring (bicyclic) bond motifs is 1. The summed E-state index contributed by atoms with van der Waals surface area (Å²) >= 11 is 0. The van der Waals surface area contributed by atoms with Gasteiger partial charge in [0.1, 0.15) is 6.54 Å². The second-order valence-corrected chi connectivity index (χ2v) is 6.95. The Labute approximate surface area is 164 Å². The minimum atomic E-state index is -0.0159. The first-order valence-electron chi connectivity index (χ1n) is 9.42. The van der Waals surface area contributed by atoms with Crippen LogP contribution in [0, 0.1) is 0 Å². The minimum Gasteiger partial charge on any atom is -0.493 e. The lowest BCUT2D eigenvalue weighted by atomic mass is 10.1. The molecule has 2 aliphatic heterocycles. The third-order valence-corrected chi connectivity index (χ3v) is 5.28. The highest BCUT2D eigenvalue weighted by Gasteiger charge is 2.27. The van der Waals surface area contributed by atoms with Crippen LogP contribution in [-0.4, -0.2) is 58.0 Å². The van der Waals surface area contributed by atoms with Crippen LogP contribution in [-0.2, 0) is 6.54 Å². The van der Waals surface area contributed by atoms with Crippen molar-refractivity contribution in [2.24, 2.45) is 0 Å². The average molecular weight is 385 g/mol. The Morgan fingerprint density at radius 1 is 1.07 bits per heavy atom. The van der Waals surface area contributed by atoms with Crippen LogP contribution >= 0.6 is 0 Å². The van der Waals surface area contributed by atoms with Crippen molar-refractivity contribution in [3.05, 3.63) is 47.5 Å². The average Bonchev–Trinajstić information content (AvgIpc) is 3.21. The number of hydrogen-bond donors (Lipinski definition) is 1. The van der Waals surface area contributed by atoms with E-state index >= 15 is 0 Å². The van der Waals surface area contributed by atoms with Crippen LogP contribution in [0.2, 0.25) is 0 Å². The van der Waals surface area contributed by atoms with Crippen molar-refractivity contribution >= 4 is 5.91 Å². The van der Waals surface area contributed by atoms with Gasteiger partial charge in [-0.1, -0.05) is 6.07 Å². The summed E-state index contributed by atoms with van der Waals surface area (Å²) in [5.41, 5.74) is 1.76. The third kappa shape index (κ3) is 3.57. The molecular weight excluding hydrogens is 360 g/mol. The van der Waals surface area contributed by atoms with Crippen molar-refractivity contribution in [3.63, 3.8) is 0 Å². The van der Waals surface area contributed by atoms with Crippen molar-refractivity contribution in [2.45, 2.75) is 6.54 Å². The number of amides is 1. The number of carbonyl (C=O) groups is 1. The molecule has 148 valence electrons. The highest BCUT2D eigenvalue weighted by atomic mass is 16.7. The molecule has 7 nitrogen and oxygen atoms in total. The normalized spacial score (nSPS) is 16.1. The molecule has 0 bridgehead atoms. The number of nitrogens with zero attached hydrogens (tertiary/aromatic N) is 1. The molecule has 1 fully saturated rings. The van der Waals surface area contributed by atoms with Crippen LogP contribution in [0.25, 0.3) is 0 Å². The Morgan fingerprint density at radius 2 is 1.86 bits per heavy atom. The molecule has 0 aromatic heterocycles. The highest BCUT2D eigenvalue weighted by Crippen LogP contribution is 2.33. The van der Waals surface area contributed by atoms with Crippen molar-refractivity contribution in [2.75, 3.05) is 47.2 Å². The second-order valence-electron chi connectivity index (χ2n) is 6.95. The standard InChI is InChI=1S/C21H24N2O5/c1-25-18-5-3-4-16(20(18)26-2)21(24)23-10-8-22(9-11-23)13-15-6-7-17-19(12-15)28-14-27-17/h3-7,12H,8-11,13-14H2,1-2H3/p+1. The number of rotatable bonds is 5. The first-order valence-corrected chi connectivity index (χ1v) is 9.42. The minimum absolute atomic E-state index is 0.0159. The molecule has 1 saturated heterocycles. The van der Waals surface area contributed by atoms with E-state index in [2.05, 4.69) is 6.07 Å². The molecule has 7 heteroatoms. The zero-order valence-corrected chi connectivity index (χ0v) is 16.2. The summed E-state index contributed by atoms with van der Waals surface area (Å²) in [6.45, 7) is 4.40. The summed E-state index contributed by atoms with van der Waals surface area (Å²) in [5, 5.41) is 0. The lowest BCUT2D eigenvalue weighted by Crippen LogP contribution is -3.13. The highest BCUT2D eigenvalue weighted by molar-refractivity contribution is 5.97. The Bertz CT molecular complexity index is 862. The number of carbonyl (C=O) groups excluding carboxylic acids is 1. The Kier molecular flexibility index (Phi) is 5.25. The van der Waals surface area contributed by atoms with Crippen molar-refractivity contribution < 1.29 is 28.6 Å². The van der Waals surface area contributed by atoms with Crippen LogP contribution in [0.1, 0.15) is 15.9 Å². The maximum absolute atomic E-state index is 13.0. The Hall–Kier alpha value is -2.93. The first-order chi connectivity index (χ1) is 13.7. The van der Waals surface area contributed by atoms with Gasteiger partial charge < -0.3 is 28.7 Å². The van der Waals surface area contributed by atoms with Gasteiger partial charge >= 0.3 is 0 Å². The number of methoxy groups -OCH3 is 2. The molecule has 0 atom stereocenters. The number of nitrogens with one attached hydrogen (secondary N) is 1. The van der Waals surface area contributed by atoms with Crippen LogP contribution in [0.15, 0.2) is 36.4 Å². The van der Waals surface area contributed by atoms with E-state index < -0.39 is 0 Å². The fourth-order valence-corrected chi connectivity index (χ4v) is 3.77. The molecule has 0 unspecified atom stereocenters. The summed E-state index contributed by atoms with van der Waals surface area (Å²) in [6.07, 6.45) is 0. The fraction of sp³-hybridized carbons (Fsp3) is 0.381. The van der Waals surface area contributed by atoms with Gasteiger partial charge in [0.2, 0.25) is 6.79 Å². The van der Waals surface area contributed by atoms with Gasteiger partial charge in [-0.25, -0.2) is 0 Å². The SMILES string of the molecule is COc1cccc(C(=O)N2CC[NH+](Cc3ccc4c(c3)OCO4)CC2)c1OC. The summed E-state index contributed by atoms with van der Waals surface area (Å²) in [6, 6.07) is 11.5. The van der Waals surface area contributed by atoms with E-state index in [0.717, 1.165) is 31.1 Å². The van der Waals surface area contributed by atoms with Gasteiger partial charge in [-0.2, -0.15) is 0 Å². The summed E-state index contributed by atoms with van der Waals surface area (Å²) in [4.78, 5) is 16.3. The van der Waals surface area contributed by atoms with E-state index in [4.69, 9.17) is 18.9 Å². The van der Waals surface area contributed by atoms with Crippen LogP contribution < -0.4 is 23.8 Å². The van der Waals surface area contributed by atoms with Gasteiger partial charge in [0, 0.05) is 5.56 Å². The molecule has 0 aliphatic carbocycles. The Balaban J connectivity index is 1.38. The molecule has 28 heavy (non-hydrogen) atoms. The molecule has 0 saturated carbocycles. The molecule has 0 radical (unpaired) electrons. The number of hydrogen-bond acceptors (Lipinski definition) is 5. The summed E-state index contributed by atoms with van der Waals surface area (Å²) < 4.78 is 21.6. The van der Waals surface area contributed by atoms with Crippen LogP contribution in [0.3, 0.4) is 0 Å². The lowest BCUT2D eigenvalue weighted by Gasteiger charge is -2.32. The zero-order valence-electron chi connectivity index (χ0n) is 16.2. The smallest absolute Gasteiger partial charge is 0.258 e. The molecule has 2 heterocycles.